The van der Waals surface area contributed by atoms with Gasteiger partial charge in [0.2, 0.25) is 5.88 Å². The second-order valence-corrected chi connectivity index (χ2v) is 5.48. The summed E-state index contributed by atoms with van der Waals surface area (Å²) in [4.78, 5) is 4.11. The van der Waals surface area contributed by atoms with Gasteiger partial charge in [0.15, 0.2) is 5.11 Å². The molecule has 0 radical (unpaired) electrons. The second kappa shape index (κ2) is 8.56. The van der Waals surface area contributed by atoms with Crippen molar-refractivity contribution < 1.29 is 4.74 Å². The third-order valence-electron chi connectivity index (χ3n) is 3.07. The molecule has 22 heavy (non-hydrogen) atoms. The van der Waals surface area contributed by atoms with Gasteiger partial charge in [0.1, 0.15) is 0 Å². The number of methoxy groups -OCH3 is 1. The fourth-order valence-electron chi connectivity index (χ4n) is 1.93. The Bertz CT molecular complexity index is 619. The van der Waals surface area contributed by atoms with Crippen LogP contribution in [0.3, 0.4) is 0 Å². The van der Waals surface area contributed by atoms with Gasteiger partial charge in [-0.25, -0.2) is 4.98 Å². The van der Waals surface area contributed by atoms with Gasteiger partial charge in [0, 0.05) is 17.6 Å². The minimum atomic E-state index is 0.573. The largest absolute Gasteiger partial charge is 0.481 e. The number of thiocarbonyl (C=S) groups is 1. The van der Waals surface area contributed by atoms with Gasteiger partial charge in [-0.05, 0) is 42.8 Å². The molecule has 0 bridgehead atoms. The third kappa shape index (κ3) is 5.16. The van der Waals surface area contributed by atoms with Crippen LogP contribution in [-0.4, -0.2) is 23.8 Å². The molecule has 2 aromatic rings. The van der Waals surface area contributed by atoms with Crippen LogP contribution < -0.4 is 15.4 Å². The number of hydrogen-bond acceptors (Lipinski definition) is 3. The van der Waals surface area contributed by atoms with Crippen molar-refractivity contribution in [2.75, 3.05) is 19.0 Å². The van der Waals surface area contributed by atoms with Crippen molar-refractivity contribution in [2.45, 2.75) is 12.8 Å². The zero-order valence-electron chi connectivity index (χ0n) is 12.3. The quantitative estimate of drug-likeness (QED) is 0.623. The van der Waals surface area contributed by atoms with E-state index in [-0.39, 0.29) is 0 Å². The number of rotatable bonds is 6. The number of hydrogen-bond donors (Lipinski definition) is 2. The van der Waals surface area contributed by atoms with E-state index >= 15 is 0 Å². The van der Waals surface area contributed by atoms with Crippen molar-refractivity contribution in [3.63, 3.8) is 0 Å². The molecule has 6 heteroatoms. The molecular formula is C16H18ClN3OS. The van der Waals surface area contributed by atoms with Crippen molar-refractivity contribution in [2.24, 2.45) is 0 Å². The van der Waals surface area contributed by atoms with Gasteiger partial charge >= 0.3 is 0 Å². The van der Waals surface area contributed by atoms with E-state index in [0.717, 1.165) is 35.7 Å². The highest BCUT2D eigenvalue weighted by molar-refractivity contribution is 7.80. The molecule has 0 saturated heterocycles. The lowest BCUT2D eigenvalue weighted by Crippen LogP contribution is -2.29. The zero-order valence-corrected chi connectivity index (χ0v) is 13.9. The highest BCUT2D eigenvalue weighted by atomic mass is 35.5. The van der Waals surface area contributed by atoms with Crippen LogP contribution in [-0.2, 0) is 6.42 Å². The van der Waals surface area contributed by atoms with Crippen molar-refractivity contribution in [3.8, 4) is 5.88 Å². The number of aryl methyl sites for hydroxylation is 1. The maximum absolute atomic E-state index is 6.12. The molecule has 0 spiro atoms. The average Bonchev–Trinajstić information content (AvgIpc) is 2.54. The summed E-state index contributed by atoms with van der Waals surface area (Å²) < 4.78 is 5.01. The van der Waals surface area contributed by atoms with Crippen LogP contribution in [0.1, 0.15) is 12.0 Å². The number of aromatic nitrogens is 1. The molecule has 4 nitrogen and oxygen atoms in total. The Hall–Kier alpha value is -1.85. The predicted molar refractivity (Wildman–Crippen MR) is 94.8 cm³/mol. The lowest BCUT2D eigenvalue weighted by molar-refractivity contribution is 0.398. The summed E-state index contributed by atoms with van der Waals surface area (Å²) in [6.07, 6.45) is 3.54. The Morgan fingerprint density at radius 2 is 2.09 bits per heavy atom. The summed E-state index contributed by atoms with van der Waals surface area (Å²) in [6.45, 7) is 0.778. The minimum Gasteiger partial charge on any atom is -0.481 e. The first-order chi connectivity index (χ1) is 10.7. The van der Waals surface area contributed by atoms with Crippen molar-refractivity contribution in [1.82, 2.24) is 10.3 Å². The summed E-state index contributed by atoms with van der Waals surface area (Å²) in [5.74, 6) is 0.573. The highest BCUT2D eigenvalue weighted by Gasteiger charge is 2.01. The molecule has 116 valence electrons. The van der Waals surface area contributed by atoms with E-state index in [4.69, 9.17) is 28.6 Å². The molecule has 2 N–H and O–H groups in total. The molecule has 1 aromatic carbocycles. The maximum atomic E-state index is 6.12. The SMILES string of the molecule is COc1ccc(NC(=S)NCCCc2ccccc2Cl)cn1. The van der Waals surface area contributed by atoms with E-state index in [2.05, 4.69) is 15.6 Å². The van der Waals surface area contributed by atoms with Gasteiger partial charge in [-0.3, -0.25) is 0 Å². The van der Waals surface area contributed by atoms with E-state index < -0.39 is 0 Å². The van der Waals surface area contributed by atoms with E-state index in [0.29, 0.717) is 11.0 Å². The van der Waals surface area contributed by atoms with Crippen LogP contribution in [0.15, 0.2) is 42.6 Å². The molecule has 0 aliphatic heterocycles. The number of benzene rings is 1. The molecule has 1 aromatic heterocycles. The summed E-state index contributed by atoms with van der Waals surface area (Å²) in [5, 5.41) is 7.63. The molecule has 0 saturated carbocycles. The number of anilines is 1. The lowest BCUT2D eigenvalue weighted by atomic mass is 10.1. The van der Waals surface area contributed by atoms with Gasteiger partial charge in [0.25, 0.3) is 0 Å². The Morgan fingerprint density at radius 1 is 1.27 bits per heavy atom. The average molecular weight is 336 g/mol. The van der Waals surface area contributed by atoms with Crippen LogP contribution in [0.4, 0.5) is 5.69 Å². The van der Waals surface area contributed by atoms with Crippen molar-refractivity contribution >= 4 is 34.6 Å². The zero-order chi connectivity index (χ0) is 15.8. The summed E-state index contributed by atoms with van der Waals surface area (Å²) >= 11 is 11.4. The topological polar surface area (TPSA) is 46.2 Å². The lowest BCUT2D eigenvalue weighted by Gasteiger charge is -2.11. The summed E-state index contributed by atoms with van der Waals surface area (Å²) in [5.41, 5.74) is 1.98. The predicted octanol–water partition coefficient (Wildman–Crippen LogP) is 3.66. The number of ether oxygens (including phenoxy) is 1. The molecule has 0 fully saturated rings. The minimum absolute atomic E-state index is 0.573. The van der Waals surface area contributed by atoms with Crippen molar-refractivity contribution in [1.29, 1.82) is 0 Å². The van der Waals surface area contributed by atoms with Crippen LogP contribution in [0.5, 0.6) is 5.88 Å². The van der Waals surface area contributed by atoms with Gasteiger partial charge < -0.3 is 15.4 Å². The van der Waals surface area contributed by atoms with Crippen LogP contribution in [0, 0.1) is 0 Å². The molecule has 0 atom stereocenters. The monoisotopic (exact) mass is 335 g/mol. The fraction of sp³-hybridized carbons (Fsp3) is 0.250. The van der Waals surface area contributed by atoms with Gasteiger partial charge in [0.05, 0.1) is 19.0 Å². The van der Waals surface area contributed by atoms with Gasteiger partial charge in [-0.1, -0.05) is 29.8 Å². The standard InChI is InChI=1S/C16H18ClN3OS/c1-21-15-9-8-13(11-19-15)20-16(22)18-10-4-6-12-5-2-3-7-14(12)17/h2-3,5,7-9,11H,4,6,10H2,1H3,(H2,18,20,22). The molecule has 2 rings (SSSR count). The molecule has 0 amide bonds. The summed E-state index contributed by atoms with van der Waals surface area (Å²) in [7, 11) is 1.58. The smallest absolute Gasteiger partial charge is 0.213 e. The Morgan fingerprint density at radius 3 is 2.77 bits per heavy atom. The molecule has 0 aliphatic carbocycles. The number of pyridine rings is 1. The number of nitrogens with one attached hydrogen (secondary N) is 2. The van der Waals surface area contributed by atoms with Crippen molar-refractivity contribution in [3.05, 3.63) is 53.2 Å². The van der Waals surface area contributed by atoms with Gasteiger partial charge in [-0.2, -0.15) is 0 Å². The van der Waals surface area contributed by atoms with E-state index in [9.17, 15) is 0 Å². The maximum Gasteiger partial charge on any atom is 0.213 e. The Labute approximate surface area is 140 Å². The fourth-order valence-corrected chi connectivity index (χ4v) is 2.38. The highest BCUT2D eigenvalue weighted by Crippen LogP contribution is 2.16. The first-order valence-electron chi connectivity index (χ1n) is 6.97. The first kappa shape index (κ1) is 16.5. The third-order valence-corrected chi connectivity index (χ3v) is 3.68. The van der Waals surface area contributed by atoms with Crippen LogP contribution in [0.2, 0.25) is 5.02 Å². The number of nitrogens with zero attached hydrogens (tertiary/aromatic N) is 1. The second-order valence-electron chi connectivity index (χ2n) is 4.67. The molecule has 0 unspecified atom stereocenters. The van der Waals surface area contributed by atoms with Crippen LogP contribution >= 0.6 is 23.8 Å². The normalized spacial score (nSPS) is 10.1. The first-order valence-corrected chi connectivity index (χ1v) is 7.76. The van der Waals surface area contributed by atoms with Crippen LogP contribution in [0.25, 0.3) is 0 Å². The molecular weight excluding hydrogens is 318 g/mol. The van der Waals surface area contributed by atoms with E-state index in [1.165, 1.54) is 0 Å². The number of halogens is 1. The molecule has 1 heterocycles. The van der Waals surface area contributed by atoms with E-state index in [1.54, 1.807) is 19.4 Å². The Kier molecular flexibility index (Phi) is 6.43. The molecule has 0 aliphatic rings. The Balaban J connectivity index is 1.70. The summed E-state index contributed by atoms with van der Waals surface area (Å²) in [6, 6.07) is 11.5. The van der Waals surface area contributed by atoms with Gasteiger partial charge in [-0.15, -0.1) is 0 Å². The van der Waals surface area contributed by atoms with E-state index in [1.807, 2.05) is 30.3 Å².